The van der Waals surface area contributed by atoms with Gasteiger partial charge in [-0.25, -0.2) is 0 Å². The van der Waals surface area contributed by atoms with Gasteiger partial charge in [-0.3, -0.25) is 5.73 Å². The van der Waals surface area contributed by atoms with Gasteiger partial charge in [0.1, 0.15) is 0 Å². The molecule has 0 aliphatic heterocycles. The largest absolute Gasteiger partial charge is 0.354 e. The van der Waals surface area contributed by atoms with Crippen LogP contribution in [-0.4, -0.2) is 16.1 Å². The number of rotatable bonds is 0. The van der Waals surface area contributed by atoms with Crippen molar-refractivity contribution in [2.45, 2.75) is 12.8 Å². The Morgan fingerprint density at radius 3 is 1.50 bits per heavy atom. The van der Waals surface area contributed by atoms with Gasteiger partial charge in [-0.05, 0) is 0 Å². The molecule has 0 fully saturated rings. The molecular weight excluding hydrogens is 265 g/mol. The molecule has 0 saturated carbocycles. The molecule has 0 saturated heterocycles. The molecule has 0 aromatic heterocycles. The molecule has 42 valence electrons. The van der Waals surface area contributed by atoms with E-state index in [9.17, 15) is 0 Å². The zero-order chi connectivity index (χ0) is 4.50. The van der Waals surface area contributed by atoms with E-state index in [1.165, 1.54) is 0 Å². The van der Waals surface area contributed by atoms with Gasteiger partial charge in [0.2, 0.25) is 5.91 Å². The van der Waals surface area contributed by atoms with Gasteiger partial charge < -0.3 is 10.2 Å². The van der Waals surface area contributed by atoms with Gasteiger partial charge in [-0.2, -0.15) is 0 Å². The third-order valence-corrected chi connectivity index (χ3v) is 0. The minimum absolute atomic E-state index is 0. The van der Waals surface area contributed by atoms with Crippen molar-refractivity contribution >= 4 is 0 Å². The Morgan fingerprint density at radius 2 is 1.50 bits per heavy atom. The average Bonchev–Trinajstić information content (AvgIpc) is 0.722. The summed E-state index contributed by atoms with van der Waals surface area (Å²) in [6, 6.07) is 0. The van der Waals surface area contributed by atoms with E-state index >= 15 is 0 Å². The van der Waals surface area contributed by atoms with Gasteiger partial charge >= 0.3 is 0 Å². The van der Waals surface area contributed by atoms with Crippen molar-refractivity contribution in [2.24, 2.45) is 5.73 Å². The molecule has 0 unspecified atom stereocenters. The van der Waals surface area contributed by atoms with Crippen LogP contribution in [0.25, 0.3) is 0 Å². The van der Waals surface area contributed by atoms with Crippen molar-refractivity contribution in [1.29, 1.82) is 0 Å². The Kier molecular flexibility index (Phi) is 4.38. The fraction of sp³-hybridized carbons (Fsp3) is 1.00. The van der Waals surface area contributed by atoms with Crippen molar-refractivity contribution in [2.75, 3.05) is 0 Å². The maximum atomic E-state index is 7.85. The number of hydrogen-bond donors (Lipinski definition) is 3. The molecule has 0 aliphatic carbocycles. The van der Waals surface area contributed by atoms with Crippen LogP contribution in [0.1, 0.15) is 6.92 Å². The summed E-state index contributed by atoms with van der Waals surface area (Å²) in [5.41, 5.74) is 4.47. The van der Waals surface area contributed by atoms with Gasteiger partial charge in [0.05, 0.1) is 0 Å². The molecule has 0 bridgehead atoms. The Balaban J connectivity index is 0. The summed E-state index contributed by atoms with van der Waals surface area (Å²) in [6.45, 7) is 1.08. The Bertz CT molecular complexity index is 27.0. The second kappa shape index (κ2) is 2.69. The molecule has 0 spiro atoms. The van der Waals surface area contributed by atoms with Crippen LogP contribution in [0.3, 0.4) is 0 Å². The van der Waals surface area contributed by atoms with Crippen LogP contribution in [0.4, 0.5) is 0 Å². The summed E-state index contributed by atoms with van der Waals surface area (Å²) in [5.74, 6) is -2.00. The molecule has 4 heteroatoms. The Labute approximate surface area is 50.4 Å². The minimum Gasteiger partial charge on any atom is -0.354 e. The van der Waals surface area contributed by atoms with Crippen LogP contribution in [0.2, 0.25) is 0 Å². The Morgan fingerprint density at radius 1 is 1.50 bits per heavy atom. The van der Waals surface area contributed by atoms with Crippen LogP contribution in [-0.2, 0) is 21.1 Å². The first-order valence-corrected chi connectivity index (χ1v) is 1.24. The number of nitrogens with two attached hydrogens (primary N) is 1. The van der Waals surface area contributed by atoms with Gasteiger partial charge in [0.25, 0.3) is 0 Å². The van der Waals surface area contributed by atoms with Crippen molar-refractivity contribution in [3.05, 3.63) is 0 Å². The van der Waals surface area contributed by atoms with E-state index in [0.717, 1.165) is 6.92 Å². The third kappa shape index (κ3) is 180. The first-order valence-electron chi connectivity index (χ1n) is 1.24. The summed E-state index contributed by atoms with van der Waals surface area (Å²) < 4.78 is 0. The summed E-state index contributed by atoms with van der Waals surface area (Å²) in [7, 11) is 0. The summed E-state index contributed by atoms with van der Waals surface area (Å²) in [4.78, 5) is 0. The van der Waals surface area contributed by atoms with E-state index in [1.807, 2.05) is 0 Å². The Hall–Kier alpha value is 0.568. The van der Waals surface area contributed by atoms with Crippen LogP contribution < -0.4 is 5.73 Å². The van der Waals surface area contributed by atoms with Crippen molar-refractivity contribution in [3.8, 4) is 0 Å². The SMILES string of the molecule is CC(N)(O)O.[Pt]. The van der Waals surface area contributed by atoms with Gasteiger partial charge in [-0.1, -0.05) is 0 Å². The zero-order valence-electron chi connectivity index (χ0n) is 3.29. The van der Waals surface area contributed by atoms with E-state index in [1.54, 1.807) is 0 Å². The molecular formula is C2H7NO2Pt. The van der Waals surface area contributed by atoms with Crippen molar-refractivity contribution < 1.29 is 31.3 Å². The number of hydrogen-bond acceptors (Lipinski definition) is 3. The van der Waals surface area contributed by atoms with Crippen LogP contribution in [0.15, 0.2) is 0 Å². The summed E-state index contributed by atoms with van der Waals surface area (Å²) in [6.07, 6.45) is 0. The predicted molar refractivity (Wildman–Crippen MR) is 17.0 cm³/mol. The second-order valence-electron chi connectivity index (χ2n) is 1.09. The zero-order valence-corrected chi connectivity index (χ0v) is 5.56. The van der Waals surface area contributed by atoms with Crippen LogP contribution in [0.5, 0.6) is 0 Å². The van der Waals surface area contributed by atoms with Crippen LogP contribution in [0, 0.1) is 0 Å². The van der Waals surface area contributed by atoms with E-state index in [2.05, 4.69) is 5.73 Å². The van der Waals surface area contributed by atoms with Crippen LogP contribution >= 0.6 is 0 Å². The monoisotopic (exact) mass is 272 g/mol. The number of aliphatic hydroxyl groups is 2. The van der Waals surface area contributed by atoms with Crippen molar-refractivity contribution in [3.63, 3.8) is 0 Å². The standard InChI is InChI=1S/C2H7NO2.Pt/c1-2(3,4)5;/h4-5H,3H2,1H3;. The first kappa shape index (κ1) is 9.76. The quantitative estimate of drug-likeness (QED) is 0.475. The van der Waals surface area contributed by atoms with Gasteiger partial charge in [0.15, 0.2) is 0 Å². The first-order chi connectivity index (χ1) is 2.00. The van der Waals surface area contributed by atoms with E-state index < -0.39 is 5.91 Å². The molecule has 3 nitrogen and oxygen atoms in total. The fourth-order valence-corrected chi connectivity index (χ4v) is 0. The van der Waals surface area contributed by atoms with Crippen molar-refractivity contribution in [1.82, 2.24) is 0 Å². The molecule has 0 rings (SSSR count). The van der Waals surface area contributed by atoms with Gasteiger partial charge in [-0.15, -0.1) is 0 Å². The molecule has 0 amide bonds. The molecule has 0 atom stereocenters. The normalized spacial score (nSPS) is 10.0. The fourth-order valence-electron chi connectivity index (χ4n) is 0. The molecule has 0 radical (unpaired) electrons. The average molecular weight is 272 g/mol. The molecule has 6 heavy (non-hydrogen) atoms. The third-order valence-electron chi connectivity index (χ3n) is 0. The molecule has 0 aliphatic rings. The summed E-state index contributed by atoms with van der Waals surface area (Å²) >= 11 is 0. The maximum Gasteiger partial charge on any atom is 0.216 e. The topological polar surface area (TPSA) is 66.5 Å². The second-order valence-corrected chi connectivity index (χ2v) is 1.09. The molecule has 4 N–H and O–H groups in total. The summed E-state index contributed by atoms with van der Waals surface area (Å²) in [5, 5.41) is 15.7. The van der Waals surface area contributed by atoms with Gasteiger partial charge in [0, 0.05) is 28.0 Å². The van der Waals surface area contributed by atoms with E-state index in [0.29, 0.717) is 0 Å². The smallest absolute Gasteiger partial charge is 0.216 e. The van der Waals surface area contributed by atoms with E-state index in [-0.39, 0.29) is 21.1 Å². The molecule has 0 heterocycles. The minimum atomic E-state index is -2.00. The maximum absolute atomic E-state index is 7.85. The molecule has 0 aromatic rings. The predicted octanol–water partition coefficient (Wildman–Crippen LogP) is -1.40. The molecule has 0 aromatic carbocycles. The van der Waals surface area contributed by atoms with E-state index in [4.69, 9.17) is 10.2 Å².